The van der Waals surface area contributed by atoms with Crippen LogP contribution in [0.5, 0.6) is 11.5 Å². The summed E-state index contributed by atoms with van der Waals surface area (Å²) in [5, 5.41) is 6.69. The van der Waals surface area contributed by atoms with Gasteiger partial charge in [0.25, 0.3) is 0 Å². The van der Waals surface area contributed by atoms with Gasteiger partial charge in [-0.3, -0.25) is 4.79 Å². The molecule has 2 aromatic rings. The van der Waals surface area contributed by atoms with Crippen LogP contribution in [0.3, 0.4) is 0 Å². The fourth-order valence-electron chi connectivity index (χ4n) is 2.92. The molecule has 0 unspecified atom stereocenters. The van der Waals surface area contributed by atoms with E-state index in [-0.39, 0.29) is 11.9 Å². The third kappa shape index (κ3) is 3.61. The van der Waals surface area contributed by atoms with Gasteiger partial charge < -0.3 is 9.47 Å². The fraction of sp³-hybridized carbons (Fsp3) is 0.263. The van der Waals surface area contributed by atoms with E-state index < -0.39 is 0 Å². The molecule has 1 amide bonds. The van der Waals surface area contributed by atoms with Gasteiger partial charge in [0.05, 0.1) is 26.0 Å². The van der Waals surface area contributed by atoms with Crippen LogP contribution in [-0.4, -0.2) is 30.8 Å². The van der Waals surface area contributed by atoms with Crippen molar-refractivity contribution in [3.8, 4) is 11.5 Å². The van der Waals surface area contributed by atoms with Gasteiger partial charge in [0.2, 0.25) is 5.91 Å². The van der Waals surface area contributed by atoms with Gasteiger partial charge >= 0.3 is 0 Å². The monoisotopic (exact) mass is 358 g/mol. The Kier molecular flexibility index (Phi) is 4.95. The first kappa shape index (κ1) is 17.3. The zero-order valence-electron chi connectivity index (χ0n) is 14.3. The summed E-state index contributed by atoms with van der Waals surface area (Å²) in [7, 11) is 3.21. The molecule has 0 saturated heterocycles. The molecule has 0 aliphatic carbocycles. The van der Waals surface area contributed by atoms with Gasteiger partial charge in [0.1, 0.15) is 11.5 Å². The van der Waals surface area contributed by atoms with E-state index in [9.17, 15) is 4.79 Å². The predicted octanol–water partition coefficient (Wildman–Crippen LogP) is 4.05. The zero-order valence-corrected chi connectivity index (χ0v) is 15.1. The molecule has 5 nitrogen and oxygen atoms in total. The van der Waals surface area contributed by atoms with Crippen molar-refractivity contribution in [1.82, 2.24) is 5.01 Å². The van der Waals surface area contributed by atoms with Gasteiger partial charge in [-0.2, -0.15) is 5.10 Å². The van der Waals surface area contributed by atoms with Gasteiger partial charge in [-0.1, -0.05) is 23.7 Å². The number of amides is 1. The van der Waals surface area contributed by atoms with Crippen molar-refractivity contribution >= 4 is 23.2 Å². The third-order valence-corrected chi connectivity index (χ3v) is 4.39. The highest BCUT2D eigenvalue weighted by molar-refractivity contribution is 6.30. The highest BCUT2D eigenvalue weighted by Gasteiger charge is 2.31. The number of methoxy groups -OCH3 is 2. The molecule has 25 heavy (non-hydrogen) atoms. The lowest BCUT2D eigenvalue weighted by Crippen LogP contribution is -2.24. The third-order valence-electron chi connectivity index (χ3n) is 4.15. The average Bonchev–Trinajstić information content (AvgIpc) is 3.07. The molecule has 0 spiro atoms. The van der Waals surface area contributed by atoms with E-state index >= 15 is 0 Å². The van der Waals surface area contributed by atoms with Crippen LogP contribution in [0.1, 0.15) is 30.5 Å². The highest BCUT2D eigenvalue weighted by Crippen LogP contribution is 2.35. The van der Waals surface area contributed by atoms with Crippen molar-refractivity contribution in [1.29, 1.82) is 0 Å². The summed E-state index contributed by atoms with van der Waals surface area (Å²) in [6.45, 7) is 1.51. The molecule has 1 aliphatic rings. The Morgan fingerprint density at radius 1 is 1.16 bits per heavy atom. The van der Waals surface area contributed by atoms with Crippen LogP contribution in [0.25, 0.3) is 0 Å². The summed E-state index contributed by atoms with van der Waals surface area (Å²) in [4.78, 5) is 12.1. The number of carbonyl (C=O) groups excluding carboxylic acids is 1. The molecule has 0 saturated carbocycles. The Hall–Kier alpha value is -2.53. The van der Waals surface area contributed by atoms with E-state index in [0.717, 1.165) is 16.8 Å². The van der Waals surface area contributed by atoms with Crippen molar-refractivity contribution in [3.63, 3.8) is 0 Å². The standard InChI is InChI=1S/C19H19ClN2O3/c1-12(23)22-19(13-5-4-6-15(20)7-13)11-18(21-22)14-8-16(24-2)10-17(9-14)25-3/h4-10,19H,11H2,1-3H3/t19-/m1/s1. The van der Waals surface area contributed by atoms with Crippen LogP contribution in [-0.2, 0) is 4.79 Å². The molecule has 6 heteroatoms. The molecule has 1 atom stereocenters. The van der Waals surface area contributed by atoms with Crippen molar-refractivity contribution < 1.29 is 14.3 Å². The van der Waals surface area contributed by atoms with Crippen molar-refractivity contribution in [2.24, 2.45) is 5.10 Å². The maximum absolute atomic E-state index is 12.1. The number of rotatable bonds is 4. The molecule has 3 rings (SSSR count). The van der Waals surface area contributed by atoms with Crippen molar-refractivity contribution in [2.45, 2.75) is 19.4 Å². The van der Waals surface area contributed by atoms with Gasteiger partial charge in [-0.05, 0) is 29.8 Å². The molecular formula is C19H19ClN2O3. The number of nitrogens with zero attached hydrogens (tertiary/aromatic N) is 2. The predicted molar refractivity (Wildman–Crippen MR) is 97.4 cm³/mol. The Bertz CT molecular complexity index is 813. The van der Waals surface area contributed by atoms with Crippen LogP contribution in [0.2, 0.25) is 5.02 Å². The number of carbonyl (C=O) groups is 1. The zero-order chi connectivity index (χ0) is 18.0. The molecule has 1 heterocycles. The van der Waals surface area contributed by atoms with E-state index in [2.05, 4.69) is 5.10 Å². The lowest BCUT2D eigenvalue weighted by atomic mass is 9.98. The number of hydrogen-bond acceptors (Lipinski definition) is 4. The second-order valence-corrected chi connectivity index (χ2v) is 6.22. The van der Waals surface area contributed by atoms with Gasteiger partial charge in [-0.15, -0.1) is 0 Å². The molecule has 0 fully saturated rings. The Morgan fingerprint density at radius 3 is 2.40 bits per heavy atom. The number of hydrazone groups is 1. The van der Waals surface area contributed by atoms with Crippen LogP contribution in [0.15, 0.2) is 47.6 Å². The quantitative estimate of drug-likeness (QED) is 0.828. The topological polar surface area (TPSA) is 51.1 Å². The number of halogens is 1. The van der Waals surface area contributed by atoms with Gasteiger partial charge in [-0.25, -0.2) is 5.01 Å². The molecular weight excluding hydrogens is 340 g/mol. The molecule has 0 aromatic heterocycles. The van der Waals surface area contributed by atoms with Crippen molar-refractivity contribution in [2.75, 3.05) is 14.2 Å². The minimum absolute atomic E-state index is 0.116. The summed E-state index contributed by atoms with van der Waals surface area (Å²) in [5.74, 6) is 1.24. The Labute approximate surface area is 151 Å². The number of benzene rings is 2. The van der Waals surface area contributed by atoms with E-state index in [1.54, 1.807) is 20.3 Å². The molecule has 0 bridgehead atoms. The summed E-state index contributed by atoms with van der Waals surface area (Å²) < 4.78 is 10.7. The summed E-state index contributed by atoms with van der Waals surface area (Å²) >= 11 is 6.11. The van der Waals surface area contributed by atoms with Crippen LogP contribution in [0.4, 0.5) is 0 Å². The minimum Gasteiger partial charge on any atom is -0.497 e. The van der Waals surface area contributed by atoms with Crippen LogP contribution >= 0.6 is 11.6 Å². The lowest BCUT2D eigenvalue weighted by Gasteiger charge is -2.20. The second kappa shape index (κ2) is 7.15. The first-order valence-corrected chi connectivity index (χ1v) is 8.26. The van der Waals surface area contributed by atoms with Crippen LogP contribution in [0, 0.1) is 0 Å². The smallest absolute Gasteiger partial charge is 0.240 e. The molecule has 2 aromatic carbocycles. The van der Waals surface area contributed by atoms with Gasteiger partial charge in [0.15, 0.2) is 0 Å². The second-order valence-electron chi connectivity index (χ2n) is 5.79. The first-order chi connectivity index (χ1) is 12.0. The van der Waals surface area contributed by atoms with E-state index in [0.29, 0.717) is 22.9 Å². The van der Waals surface area contributed by atoms with E-state index in [1.807, 2.05) is 36.4 Å². The number of ether oxygens (including phenoxy) is 2. The SMILES string of the molecule is COc1cc(OC)cc(C2=NN(C(C)=O)[C@@H](c3cccc(Cl)c3)C2)c1. The van der Waals surface area contributed by atoms with Gasteiger partial charge in [0, 0.05) is 30.0 Å². The maximum Gasteiger partial charge on any atom is 0.240 e. The summed E-state index contributed by atoms with van der Waals surface area (Å²) in [6.07, 6.45) is 0.593. The first-order valence-electron chi connectivity index (χ1n) is 7.88. The summed E-state index contributed by atoms with van der Waals surface area (Å²) in [5.41, 5.74) is 2.63. The van der Waals surface area contributed by atoms with Crippen LogP contribution < -0.4 is 9.47 Å². The highest BCUT2D eigenvalue weighted by atomic mass is 35.5. The lowest BCUT2D eigenvalue weighted by molar-refractivity contribution is -0.130. The normalized spacial score (nSPS) is 16.6. The molecule has 0 radical (unpaired) electrons. The molecule has 0 N–H and O–H groups in total. The largest absolute Gasteiger partial charge is 0.497 e. The number of hydrogen-bond donors (Lipinski definition) is 0. The molecule has 130 valence electrons. The maximum atomic E-state index is 12.1. The Balaban J connectivity index is 1.99. The minimum atomic E-state index is -0.177. The molecule has 1 aliphatic heterocycles. The fourth-order valence-corrected chi connectivity index (χ4v) is 3.12. The summed E-state index contributed by atoms with van der Waals surface area (Å²) in [6, 6.07) is 12.9. The Morgan fingerprint density at radius 2 is 1.84 bits per heavy atom. The van der Waals surface area contributed by atoms with Crippen molar-refractivity contribution in [3.05, 3.63) is 58.6 Å². The van der Waals surface area contributed by atoms with E-state index in [1.165, 1.54) is 11.9 Å². The average molecular weight is 359 g/mol. The van der Waals surface area contributed by atoms with E-state index in [4.69, 9.17) is 21.1 Å².